The lowest BCUT2D eigenvalue weighted by molar-refractivity contribution is -0.126. The lowest BCUT2D eigenvalue weighted by Crippen LogP contribution is -2.38. The molecule has 1 N–H and O–H groups in total. The van der Waals surface area contributed by atoms with Crippen molar-refractivity contribution in [1.29, 1.82) is 0 Å². The molecule has 0 aliphatic carbocycles. The zero-order valence-electron chi connectivity index (χ0n) is 10.6. The zero-order chi connectivity index (χ0) is 12.1. The van der Waals surface area contributed by atoms with Crippen LogP contribution in [0.3, 0.4) is 0 Å². The Hall–Kier alpha value is -0.0500. The molecule has 0 aliphatic rings. The summed E-state index contributed by atoms with van der Waals surface area (Å²) >= 11 is 3.43. The first-order chi connectivity index (χ1) is 6.80. The van der Waals surface area contributed by atoms with Gasteiger partial charge in [-0.2, -0.15) is 0 Å². The molecule has 1 atom stereocenters. The smallest absolute Gasteiger partial charge is 0.223 e. The number of halogens is 1. The quantitative estimate of drug-likeness (QED) is 0.743. The fourth-order valence-corrected chi connectivity index (χ4v) is 2.21. The van der Waals surface area contributed by atoms with Crippen LogP contribution < -0.4 is 5.32 Å². The summed E-state index contributed by atoms with van der Waals surface area (Å²) in [5, 5.41) is 4.01. The van der Waals surface area contributed by atoms with Crippen LogP contribution in [0.1, 0.15) is 41.0 Å². The first kappa shape index (κ1) is 14.9. The average Bonchev–Trinajstić information content (AvgIpc) is 2.13. The van der Waals surface area contributed by atoms with E-state index in [0.29, 0.717) is 5.92 Å². The second kappa shape index (κ2) is 6.51. The molecular formula is C12H24BrNO. The Morgan fingerprint density at radius 3 is 2.27 bits per heavy atom. The highest BCUT2D eigenvalue weighted by Crippen LogP contribution is 2.20. The Morgan fingerprint density at radius 1 is 1.33 bits per heavy atom. The summed E-state index contributed by atoms with van der Waals surface area (Å²) in [6, 6.07) is 0. The van der Waals surface area contributed by atoms with Gasteiger partial charge < -0.3 is 5.32 Å². The third-order valence-corrected chi connectivity index (χ3v) is 3.32. The number of amides is 1. The highest BCUT2D eigenvalue weighted by Gasteiger charge is 2.21. The van der Waals surface area contributed by atoms with Crippen molar-refractivity contribution in [1.82, 2.24) is 5.32 Å². The summed E-state index contributed by atoms with van der Waals surface area (Å²) in [7, 11) is 0. The molecule has 0 spiro atoms. The van der Waals surface area contributed by atoms with E-state index in [4.69, 9.17) is 0 Å². The van der Waals surface area contributed by atoms with Crippen LogP contribution in [-0.4, -0.2) is 17.8 Å². The van der Waals surface area contributed by atoms with Crippen molar-refractivity contribution >= 4 is 21.8 Å². The topological polar surface area (TPSA) is 29.1 Å². The van der Waals surface area contributed by atoms with Crippen molar-refractivity contribution in [2.75, 3.05) is 11.9 Å². The van der Waals surface area contributed by atoms with Crippen LogP contribution in [0.15, 0.2) is 0 Å². The minimum Gasteiger partial charge on any atom is -0.355 e. The molecular weight excluding hydrogens is 254 g/mol. The second-order valence-electron chi connectivity index (χ2n) is 5.35. The van der Waals surface area contributed by atoms with Gasteiger partial charge in [0.1, 0.15) is 0 Å². The second-order valence-corrected chi connectivity index (χ2v) is 6.15. The van der Waals surface area contributed by atoms with Crippen LogP contribution in [0.5, 0.6) is 0 Å². The lowest BCUT2D eigenvalue weighted by atomic mass is 9.89. The van der Waals surface area contributed by atoms with Gasteiger partial charge in [-0.15, -0.1) is 0 Å². The predicted octanol–water partition coefficient (Wildman–Crippen LogP) is 3.21. The van der Waals surface area contributed by atoms with Crippen LogP contribution in [0.25, 0.3) is 0 Å². The molecule has 0 rings (SSSR count). The Labute approximate surface area is 102 Å². The van der Waals surface area contributed by atoms with E-state index in [1.165, 1.54) is 0 Å². The first-order valence-electron chi connectivity index (χ1n) is 5.64. The number of carbonyl (C=O) groups excluding carboxylic acids is 1. The molecule has 1 amide bonds. The SMILES string of the molecule is CC(C)C(C)C(=O)NCC(C)(C)CCBr. The van der Waals surface area contributed by atoms with E-state index in [-0.39, 0.29) is 17.2 Å². The van der Waals surface area contributed by atoms with Crippen LogP contribution in [0.4, 0.5) is 0 Å². The molecule has 0 aromatic heterocycles. The third-order valence-electron chi connectivity index (χ3n) is 2.93. The molecule has 0 aromatic rings. The van der Waals surface area contributed by atoms with Crippen molar-refractivity contribution < 1.29 is 4.79 Å². The van der Waals surface area contributed by atoms with Gasteiger partial charge >= 0.3 is 0 Å². The minimum absolute atomic E-state index is 0.102. The Bertz CT molecular complexity index is 202. The molecule has 15 heavy (non-hydrogen) atoms. The Morgan fingerprint density at radius 2 is 1.87 bits per heavy atom. The van der Waals surface area contributed by atoms with Crippen molar-refractivity contribution in [3.05, 3.63) is 0 Å². The van der Waals surface area contributed by atoms with Crippen molar-refractivity contribution in [2.45, 2.75) is 41.0 Å². The monoisotopic (exact) mass is 277 g/mol. The fraction of sp³-hybridized carbons (Fsp3) is 0.917. The van der Waals surface area contributed by atoms with Crippen LogP contribution in [0.2, 0.25) is 0 Å². The summed E-state index contributed by atoms with van der Waals surface area (Å²) in [6.07, 6.45) is 1.07. The Balaban J connectivity index is 4.00. The maximum Gasteiger partial charge on any atom is 0.223 e. The van der Waals surface area contributed by atoms with Crippen LogP contribution >= 0.6 is 15.9 Å². The fourth-order valence-electron chi connectivity index (χ4n) is 1.13. The number of hydrogen-bond acceptors (Lipinski definition) is 1. The van der Waals surface area contributed by atoms with E-state index >= 15 is 0 Å². The number of alkyl halides is 1. The van der Waals surface area contributed by atoms with Gasteiger partial charge in [0.15, 0.2) is 0 Å². The highest BCUT2D eigenvalue weighted by molar-refractivity contribution is 9.09. The highest BCUT2D eigenvalue weighted by atomic mass is 79.9. The van der Waals surface area contributed by atoms with E-state index in [1.807, 2.05) is 6.92 Å². The standard InChI is InChI=1S/C12H24BrNO/c1-9(2)10(3)11(15)14-8-12(4,5)6-7-13/h9-10H,6-8H2,1-5H3,(H,14,15). The van der Waals surface area contributed by atoms with Gasteiger partial charge in [0.2, 0.25) is 5.91 Å². The molecule has 0 radical (unpaired) electrons. The average molecular weight is 278 g/mol. The predicted molar refractivity (Wildman–Crippen MR) is 69.2 cm³/mol. The van der Waals surface area contributed by atoms with Crippen molar-refractivity contribution in [3.63, 3.8) is 0 Å². The summed E-state index contributed by atoms with van der Waals surface area (Å²) in [4.78, 5) is 11.7. The molecule has 0 heterocycles. The lowest BCUT2D eigenvalue weighted by Gasteiger charge is -2.25. The van der Waals surface area contributed by atoms with Gasteiger partial charge in [0, 0.05) is 17.8 Å². The van der Waals surface area contributed by atoms with Gasteiger partial charge in [0.05, 0.1) is 0 Å². The molecule has 0 saturated heterocycles. The van der Waals surface area contributed by atoms with Gasteiger partial charge in [-0.05, 0) is 17.8 Å². The maximum absolute atomic E-state index is 11.7. The Kier molecular flexibility index (Phi) is 6.49. The number of rotatable bonds is 6. The van der Waals surface area contributed by atoms with E-state index in [0.717, 1.165) is 18.3 Å². The molecule has 0 fully saturated rings. The third kappa shape index (κ3) is 6.18. The molecule has 2 nitrogen and oxygen atoms in total. The number of nitrogens with one attached hydrogen (secondary N) is 1. The summed E-state index contributed by atoms with van der Waals surface area (Å²) in [5.41, 5.74) is 0.176. The summed E-state index contributed by atoms with van der Waals surface area (Å²) < 4.78 is 0. The summed E-state index contributed by atoms with van der Waals surface area (Å²) in [6.45, 7) is 11.2. The minimum atomic E-state index is 0.102. The first-order valence-corrected chi connectivity index (χ1v) is 6.76. The van der Waals surface area contributed by atoms with Crippen LogP contribution in [-0.2, 0) is 4.79 Å². The van der Waals surface area contributed by atoms with E-state index in [1.54, 1.807) is 0 Å². The molecule has 0 saturated carbocycles. The normalized spacial score (nSPS) is 14.1. The van der Waals surface area contributed by atoms with Gasteiger partial charge in [-0.3, -0.25) is 4.79 Å². The molecule has 90 valence electrons. The molecule has 1 unspecified atom stereocenters. The molecule has 3 heteroatoms. The number of hydrogen-bond donors (Lipinski definition) is 1. The summed E-state index contributed by atoms with van der Waals surface area (Å²) in [5.74, 6) is 0.682. The van der Waals surface area contributed by atoms with E-state index in [9.17, 15) is 4.79 Å². The maximum atomic E-state index is 11.7. The van der Waals surface area contributed by atoms with E-state index in [2.05, 4.69) is 48.9 Å². The zero-order valence-corrected chi connectivity index (χ0v) is 12.1. The van der Waals surface area contributed by atoms with E-state index < -0.39 is 0 Å². The van der Waals surface area contributed by atoms with Gasteiger partial charge in [0.25, 0.3) is 0 Å². The van der Waals surface area contributed by atoms with Crippen molar-refractivity contribution in [2.24, 2.45) is 17.3 Å². The van der Waals surface area contributed by atoms with Gasteiger partial charge in [-0.1, -0.05) is 50.5 Å². The number of carbonyl (C=O) groups is 1. The largest absolute Gasteiger partial charge is 0.355 e. The van der Waals surface area contributed by atoms with Gasteiger partial charge in [-0.25, -0.2) is 0 Å². The molecule has 0 aliphatic heterocycles. The van der Waals surface area contributed by atoms with Crippen LogP contribution in [0, 0.1) is 17.3 Å². The molecule has 0 bridgehead atoms. The molecule has 0 aromatic carbocycles. The van der Waals surface area contributed by atoms with Crippen molar-refractivity contribution in [3.8, 4) is 0 Å².